The average Bonchev–Trinajstić information content (AvgIpc) is 2.54. The fourth-order valence-corrected chi connectivity index (χ4v) is 2.66. The minimum absolute atomic E-state index is 0.0595. The molecule has 0 saturated heterocycles. The first-order valence-corrected chi connectivity index (χ1v) is 8.11. The van der Waals surface area contributed by atoms with Gasteiger partial charge >= 0.3 is 0 Å². The van der Waals surface area contributed by atoms with E-state index in [-0.39, 0.29) is 17.7 Å². The molecule has 0 aliphatic heterocycles. The highest BCUT2D eigenvalue weighted by Crippen LogP contribution is 2.25. The van der Waals surface area contributed by atoms with E-state index in [1.54, 1.807) is 6.07 Å². The van der Waals surface area contributed by atoms with E-state index in [0.29, 0.717) is 12.1 Å². The van der Waals surface area contributed by atoms with Crippen LogP contribution < -0.4 is 5.32 Å². The molecule has 4 heteroatoms. The van der Waals surface area contributed by atoms with Gasteiger partial charge in [-0.25, -0.2) is 0 Å². The van der Waals surface area contributed by atoms with Crippen molar-refractivity contribution in [3.63, 3.8) is 0 Å². The molecule has 0 spiro atoms. The third-order valence-corrected chi connectivity index (χ3v) is 4.49. The highest BCUT2D eigenvalue weighted by atomic mass is 16.3. The van der Waals surface area contributed by atoms with Gasteiger partial charge in [0.25, 0.3) is 5.91 Å². The van der Waals surface area contributed by atoms with Crippen molar-refractivity contribution in [3.8, 4) is 5.75 Å². The maximum atomic E-state index is 12.5. The summed E-state index contributed by atoms with van der Waals surface area (Å²) in [6, 6.07) is 11.9. The molecule has 128 valence electrons. The third-order valence-electron chi connectivity index (χ3n) is 4.49. The first-order valence-electron chi connectivity index (χ1n) is 8.11. The van der Waals surface area contributed by atoms with E-state index in [2.05, 4.69) is 41.4 Å². The van der Waals surface area contributed by atoms with Crippen molar-refractivity contribution in [3.05, 3.63) is 64.2 Å². The lowest BCUT2D eigenvalue weighted by atomic mass is 10.0. The highest BCUT2D eigenvalue weighted by Gasteiger charge is 2.18. The predicted octanol–water partition coefficient (Wildman–Crippen LogP) is 3.35. The Balaban J connectivity index is 2.14. The summed E-state index contributed by atoms with van der Waals surface area (Å²) < 4.78 is 0. The van der Waals surface area contributed by atoms with Crippen LogP contribution in [0.1, 0.15) is 38.7 Å². The maximum Gasteiger partial charge on any atom is 0.255 e. The molecular weight excluding hydrogens is 300 g/mol. The zero-order valence-electron chi connectivity index (χ0n) is 15.1. The lowest BCUT2D eigenvalue weighted by molar-refractivity contribution is 0.0939. The number of aryl methyl sites for hydroxylation is 2. The summed E-state index contributed by atoms with van der Waals surface area (Å²) in [7, 11) is 3.98. The molecule has 0 radical (unpaired) electrons. The highest BCUT2D eigenvalue weighted by molar-refractivity contribution is 5.97. The molecule has 2 aromatic carbocycles. The number of rotatable bonds is 5. The van der Waals surface area contributed by atoms with E-state index in [0.717, 1.165) is 16.7 Å². The minimum atomic E-state index is -0.255. The van der Waals surface area contributed by atoms with Gasteiger partial charge in [0.15, 0.2) is 0 Å². The summed E-state index contributed by atoms with van der Waals surface area (Å²) in [5.41, 5.74) is 4.38. The molecule has 0 unspecified atom stereocenters. The molecule has 0 aliphatic carbocycles. The first-order chi connectivity index (χ1) is 11.3. The SMILES string of the molecule is Cc1ccc([C@@H](CNC(=O)c2ccc(C)c(C)c2O)N(C)C)cc1. The third kappa shape index (κ3) is 3.95. The molecular formula is C20H26N2O2. The van der Waals surface area contributed by atoms with Crippen LogP contribution in [0, 0.1) is 20.8 Å². The molecule has 2 rings (SSSR count). The molecule has 0 saturated carbocycles. The van der Waals surface area contributed by atoms with Crippen molar-refractivity contribution in [2.24, 2.45) is 0 Å². The number of phenolic OH excluding ortho intramolecular Hbond substituents is 1. The van der Waals surface area contributed by atoms with Crippen LogP contribution in [0.5, 0.6) is 5.75 Å². The van der Waals surface area contributed by atoms with Gasteiger partial charge in [0.1, 0.15) is 5.75 Å². The number of phenols is 1. The summed E-state index contributed by atoms with van der Waals surface area (Å²) in [6.45, 7) is 6.26. The van der Waals surface area contributed by atoms with Crippen molar-refractivity contribution in [1.82, 2.24) is 10.2 Å². The second kappa shape index (κ2) is 7.49. The number of hydrogen-bond donors (Lipinski definition) is 2. The summed E-state index contributed by atoms with van der Waals surface area (Å²) in [5.74, 6) is -0.196. The Labute approximate surface area is 144 Å². The smallest absolute Gasteiger partial charge is 0.255 e. The molecule has 2 N–H and O–H groups in total. The van der Waals surface area contributed by atoms with Crippen LogP contribution in [0.3, 0.4) is 0 Å². The lowest BCUT2D eigenvalue weighted by Gasteiger charge is -2.25. The molecule has 0 aromatic heterocycles. The second-order valence-corrected chi connectivity index (χ2v) is 6.50. The summed E-state index contributed by atoms with van der Waals surface area (Å²) in [5, 5.41) is 13.1. The number of benzene rings is 2. The van der Waals surface area contributed by atoms with Crippen LogP contribution in [0.2, 0.25) is 0 Å². The van der Waals surface area contributed by atoms with Gasteiger partial charge < -0.3 is 15.3 Å². The number of hydrogen-bond acceptors (Lipinski definition) is 3. The van der Waals surface area contributed by atoms with Gasteiger partial charge in [-0.3, -0.25) is 4.79 Å². The van der Waals surface area contributed by atoms with Gasteiger partial charge in [0, 0.05) is 6.54 Å². The molecule has 24 heavy (non-hydrogen) atoms. The van der Waals surface area contributed by atoms with Crippen LogP contribution in [-0.2, 0) is 0 Å². The Morgan fingerprint density at radius 3 is 2.29 bits per heavy atom. The van der Waals surface area contributed by atoms with Gasteiger partial charge in [-0.05, 0) is 57.6 Å². The predicted molar refractivity (Wildman–Crippen MR) is 97.5 cm³/mol. The van der Waals surface area contributed by atoms with Crippen molar-refractivity contribution < 1.29 is 9.90 Å². The Bertz CT molecular complexity index is 721. The van der Waals surface area contributed by atoms with E-state index in [1.165, 1.54) is 5.56 Å². The van der Waals surface area contributed by atoms with Crippen molar-refractivity contribution >= 4 is 5.91 Å². The Kier molecular flexibility index (Phi) is 5.62. The van der Waals surface area contributed by atoms with Crippen LogP contribution in [-0.4, -0.2) is 36.6 Å². The molecule has 0 heterocycles. The Morgan fingerprint density at radius 1 is 1.08 bits per heavy atom. The van der Waals surface area contributed by atoms with E-state index in [4.69, 9.17) is 0 Å². The molecule has 1 atom stereocenters. The van der Waals surface area contributed by atoms with Gasteiger partial charge in [0.05, 0.1) is 11.6 Å². The average molecular weight is 326 g/mol. The number of carbonyl (C=O) groups excluding carboxylic acids is 1. The van der Waals surface area contributed by atoms with Crippen molar-refractivity contribution in [2.45, 2.75) is 26.8 Å². The van der Waals surface area contributed by atoms with Crippen LogP contribution >= 0.6 is 0 Å². The molecule has 1 amide bonds. The number of aromatic hydroxyl groups is 1. The van der Waals surface area contributed by atoms with E-state index in [1.807, 2.05) is 34.0 Å². The van der Waals surface area contributed by atoms with Gasteiger partial charge in [-0.1, -0.05) is 35.9 Å². The molecule has 0 aliphatic rings. The van der Waals surface area contributed by atoms with Crippen LogP contribution in [0.15, 0.2) is 36.4 Å². The van der Waals surface area contributed by atoms with Gasteiger partial charge in [0.2, 0.25) is 0 Å². The summed E-state index contributed by atoms with van der Waals surface area (Å²) in [6.07, 6.45) is 0. The fraction of sp³-hybridized carbons (Fsp3) is 0.350. The number of carbonyl (C=O) groups is 1. The monoisotopic (exact) mass is 326 g/mol. The van der Waals surface area contributed by atoms with Crippen molar-refractivity contribution in [2.75, 3.05) is 20.6 Å². The second-order valence-electron chi connectivity index (χ2n) is 6.50. The zero-order chi connectivity index (χ0) is 17.9. The molecule has 0 fully saturated rings. The first kappa shape index (κ1) is 18.0. The number of amides is 1. The van der Waals surface area contributed by atoms with Crippen LogP contribution in [0.4, 0.5) is 0 Å². The van der Waals surface area contributed by atoms with Gasteiger partial charge in [-0.15, -0.1) is 0 Å². The minimum Gasteiger partial charge on any atom is -0.507 e. The van der Waals surface area contributed by atoms with E-state index in [9.17, 15) is 9.90 Å². The molecule has 2 aromatic rings. The van der Waals surface area contributed by atoms with Gasteiger partial charge in [-0.2, -0.15) is 0 Å². The standard InChI is InChI=1S/C20H26N2O2/c1-13-6-9-16(10-7-13)18(22(4)5)12-21-20(24)17-11-8-14(2)15(3)19(17)23/h6-11,18,23H,12H2,1-5H3,(H,21,24)/t18-/m1/s1. The van der Waals surface area contributed by atoms with E-state index < -0.39 is 0 Å². The van der Waals surface area contributed by atoms with Crippen LogP contribution in [0.25, 0.3) is 0 Å². The lowest BCUT2D eigenvalue weighted by Crippen LogP contribution is -2.34. The largest absolute Gasteiger partial charge is 0.507 e. The summed E-state index contributed by atoms with van der Waals surface area (Å²) in [4.78, 5) is 14.5. The Hall–Kier alpha value is -2.33. The topological polar surface area (TPSA) is 52.6 Å². The number of nitrogens with one attached hydrogen (secondary N) is 1. The van der Waals surface area contributed by atoms with Crippen molar-refractivity contribution in [1.29, 1.82) is 0 Å². The Morgan fingerprint density at radius 2 is 1.71 bits per heavy atom. The normalized spacial score (nSPS) is 12.2. The number of likely N-dealkylation sites (N-methyl/N-ethyl adjacent to an activating group) is 1. The quantitative estimate of drug-likeness (QED) is 0.886. The summed E-state index contributed by atoms with van der Waals surface area (Å²) >= 11 is 0. The fourth-order valence-electron chi connectivity index (χ4n) is 2.66. The maximum absolute atomic E-state index is 12.5. The zero-order valence-corrected chi connectivity index (χ0v) is 15.1. The molecule has 4 nitrogen and oxygen atoms in total. The molecule has 0 bridgehead atoms. The number of nitrogens with zero attached hydrogens (tertiary/aromatic N) is 1. The van der Waals surface area contributed by atoms with E-state index >= 15 is 0 Å².